The van der Waals surface area contributed by atoms with Crippen molar-refractivity contribution in [2.75, 3.05) is 6.61 Å². The van der Waals surface area contributed by atoms with Gasteiger partial charge in [-0.05, 0) is 42.3 Å². The van der Waals surface area contributed by atoms with Crippen LogP contribution < -0.4 is 0 Å². The Morgan fingerprint density at radius 3 is 2.61 bits per heavy atom. The van der Waals surface area contributed by atoms with Crippen molar-refractivity contribution in [1.82, 2.24) is 4.98 Å². The minimum Gasteiger partial charge on any atom is -0.368 e. The number of aromatic nitrogens is 1. The van der Waals surface area contributed by atoms with Crippen molar-refractivity contribution in [3.63, 3.8) is 0 Å². The first-order valence-electron chi connectivity index (χ1n) is 6.96. The minimum atomic E-state index is -4.50. The number of pyridine rings is 1. The first-order valence-corrected chi connectivity index (χ1v) is 6.96. The molecule has 122 valence electrons. The lowest BCUT2D eigenvalue weighted by atomic mass is 9.94. The summed E-state index contributed by atoms with van der Waals surface area (Å²) in [7, 11) is 0. The number of halogens is 5. The monoisotopic (exact) mass is 329 g/mol. The van der Waals surface area contributed by atoms with Gasteiger partial charge in [-0.15, -0.1) is 0 Å². The first-order chi connectivity index (χ1) is 10.9. The Labute approximate surface area is 128 Å². The van der Waals surface area contributed by atoms with Crippen LogP contribution in [0.25, 0.3) is 11.1 Å². The van der Waals surface area contributed by atoms with E-state index >= 15 is 0 Å². The Balaban J connectivity index is 1.99. The molecule has 0 unspecified atom stereocenters. The molecule has 1 aromatic carbocycles. The molecular formula is C16H12F5NO. The third-order valence-electron chi connectivity index (χ3n) is 3.81. The molecule has 0 amide bonds. The molecule has 0 N–H and O–H groups in total. The van der Waals surface area contributed by atoms with Gasteiger partial charge < -0.3 is 4.74 Å². The van der Waals surface area contributed by atoms with Crippen LogP contribution in [-0.2, 0) is 4.74 Å². The van der Waals surface area contributed by atoms with E-state index < -0.39 is 29.8 Å². The van der Waals surface area contributed by atoms with Crippen molar-refractivity contribution < 1.29 is 26.7 Å². The summed E-state index contributed by atoms with van der Waals surface area (Å²) < 4.78 is 70.8. The summed E-state index contributed by atoms with van der Waals surface area (Å²) in [5, 5.41) is 0. The van der Waals surface area contributed by atoms with Crippen molar-refractivity contribution in [2.45, 2.75) is 24.6 Å². The van der Waals surface area contributed by atoms with Crippen LogP contribution in [0.2, 0.25) is 0 Å². The van der Waals surface area contributed by atoms with Crippen LogP contribution in [-0.4, -0.2) is 23.9 Å². The quantitative estimate of drug-likeness (QED) is 0.759. The highest BCUT2D eigenvalue weighted by Crippen LogP contribution is 2.40. The SMILES string of the molecule is Fc1ccc(F)c(-c2ccnc([C@@H]3CCO[C@H]3C(F)(F)F)c2)c1. The first kappa shape index (κ1) is 15.9. The predicted molar refractivity (Wildman–Crippen MR) is 72.7 cm³/mol. The van der Waals surface area contributed by atoms with E-state index in [1.165, 1.54) is 18.3 Å². The number of hydrogen-bond acceptors (Lipinski definition) is 2. The summed E-state index contributed by atoms with van der Waals surface area (Å²) in [6, 6.07) is 5.74. The van der Waals surface area contributed by atoms with E-state index in [-0.39, 0.29) is 29.8 Å². The van der Waals surface area contributed by atoms with Crippen LogP contribution >= 0.6 is 0 Å². The molecule has 1 fully saturated rings. The van der Waals surface area contributed by atoms with Crippen LogP contribution in [0.5, 0.6) is 0 Å². The fourth-order valence-electron chi connectivity index (χ4n) is 2.75. The van der Waals surface area contributed by atoms with Gasteiger partial charge in [-0.1, -0.05) is 0 Å². The smallest absolute Gasteiger partial charge is 0.368 e. The number of benzene rings is 1. The highest BCUT2D eigenvalue weighted by molar-refractivity contribution is 5.64. The van der Waals surface area contributed by atoms with E-state index in [0.717, 1.165) is 18.2 Å². The molecule has 1 aliphatic heterocycles. The molecule has 3 rings (SSSR count). The largest absolute Gasteiger partial charge is 0.415 e. The third kappa shape index (κ3) is 3.19. The number of ether oxygens (including phenoxy) is 1. The van der Waals surface area contributed by atoms with Crippen molar-refractivity contribution >= 4 is 0 Å². The zero-order valence-electron chi connectivity index (χ0n) is 11.8. The molecule has 7 heteroatoms. The van der Waals surface area contributed by atoms with E-state index in [2.05, 4.69) is 4.98 Å². The molecule has 1 aromatic heterocycles. The second kappa shape index (κ2) is 5.88. The van der Waals surface area contributed by atoms with Gasteiger partial charge in [0.1, 0.15) is 11.6 Å². The van der Waals surface area contributed by atoms with Gasteiger partial charge in [0.25, 0.3) is 0 Å². The minimum absolute atomic E-state index is 0.0175. The van der Waals surface area contributed by atoms with Gasteiger partial charge in [0.15, 0.2) is 6.10 Å². The van der Waals surface area contributed by atoms with E-state index in [0.29, 0.717) is 0 Å². The van der Waals surface area contributed by atoms with Crippen LogP contribution in [0.4, 0.5) is 22.0 Å². The fourth-order valence-corrected chi connectivity index (χ4v) is 2.75. The van der Waals surface area contributed by atoms with Crippen molar-refractivity contribution in [2.24, 2.45) is 0 Å². The van der Waals surface area contributed by atoms with Crippen LogP contribution in [0.1, 0.15) is 18.0 Å². The molecule has 0 saturated carbocycles. The zero-order chi connectivity index (χ0) is 16.6. The molecule has 1 saturated heterocycles. The summed E-state index contributed by atoms with van der Waals surface area (Å²) in [4.78, 5) is 3.97. The highest BCUT2D eigenvalue weighted by atomic mass is 19.4. The Hall–Kier alpha value is -2.02. The van der Waals surface area contributed by atoms with E-state index in [9.17, 15) is 22.0 Å². The number of nitrogens with zero attached hydrogens (tertiary/aromatic N) is 1. The Kier molecular flexibility index (Phi) is 4.06. The lowest BCUT2D eigenvalue weighted by molar-refractivity contribution is -0.210. The number of rotatable bonds is 2. The normalized spacial score (nSPS) is 21.6. The predicted octanol–water partition coefficient (Wildman–Crippen LogP) is 4.46. The Morgan fingerprint density at radius 2 is 1.87 bits per heavy atom. The number of alkyl halides is 3. The van der Waals surface area contributed by atoms with Crippen LogP contribution in [0.3, 0.4) is 0 Å². The standard InChI is InChI=1S/C16H12F5NO/c17-10-1-2-13(18)12(8-10)9-3-5-22-14(7-9)11-4-6-23-15(11)16(19,20)21/h1-3,5,7-8,11,15H,4,6H2/t11-,15+/m0/s1. The zero-order valence-corrected chi connectivity index (χ0v) is 11.8. The molecule has 1 aliphatic rings. The van der Waals surface area contributed by atoms with Gasteiger partial charge in [0.2, 0.25) is 0 Å². The average molecular weight is 329 g/mol. The van der Waals surface area contributed by atoms with Gasteiger partial charge >= 0.3 is 6.18 Å². The van der Waals surface area contributed by atoms with Crippen molar-refractivity contribution in [1.29, 1.82) is 0 Å². The number of hydrogen-bond donors (Lipinski definition) is 0. The topological polar surface area (TPSA) is 22.1 Å². The second-order valence-electron chi connectivity index (χ2n) is 5.32. The van der Waals surface area contributed by atoms with Gasteiger partial charge in [-0.2, -0.15) is 13.2 Å². The molecule has 0 radical (unpaired) electrons. The van der Waals surface area contributed by atoms with E-state index in [1.54, 1.807) is 0 Å². The fraction of sp³-hybridized carbons (Fsp3) is 0.312. The molecule has 23 heavy (non-hydrogen) atoms. The summed E-state index contributed by atoms with van der Waals surface area (Å²) in [6.07, 6.45) is -4.96. The van der Waals surface area contributed by atoms with Gasteiger partial charge in [0, 0.05) is 30.0 Å². The maximum absolute atomic E-state index is 13.8. The summed E-state index contributed by atoms with van der Waals surface area (Å²) in [5.41, 5.74) is 0.418. The van der Waals surface area contributed by atoms with Crippen LogP contribution in [0, 0.1) is 11.6 Å². The molecule has 0 bridgehead atoms. The maximum atomic E-state index is 13.8. The Bertz CT molecular complexity index is 716. The van der Waals surface area contributed by atoms with Gasteiger partial charge in [-0.3, -0.25) is 4.98 Å². The molecule has 2 heterocycles. The highest BCUT2D eigenvalue weighted by Gasteiger charge is 2.49. The molecule has 2 nitrogen and oxygen atoms in total. The summed E-state index contributed by atoms with van der Waals surface area (Å²) in [5.74, 6) is -2.23. The van der Waals surface area contributed by atoms with Crippen LogP contribution in [0.15, 0.2) is 36.5 Å². The lowest BCUT2D eigenvalue weighted by Gasteiger charge is -2.21. The molecule has 2 aromatic rings. The summed E-state index contributed by atoms with van der Waals surface area (Å²) >= 11 is 0. The second-order valence-corrected chi connectivity index (χ2v) is 5.32. The molecule has 2 atom stereocenters. The van der Waals surface area contributed by atoms with E-state index in [4.69, 9.17) is 4.74 Å². The molecule has 0 spiro atoms. The third-order valence-corrected chi connectivity index (χ3v) is 3.81. The maximum Gasteiger partial charge on any atom is 0.415 e. The average Bonchev–Trinajstić information content (AvgIpc) is 3.00. The van der Waals surface area contributed by atoms with Gasteiger partial charge in [0.05, 0.1) is 0 Å². The molecular weight excluding hydrogens is 317 g/mol. The van der Waals surface area contributed by atoms with Gasteiger partial charge in [-0.25, -0.2) is 8.78 Å². The Morgan fingerprint density at radius 1 is 1.09 bits per heavy atom. The summed E-state index contributed by atoms with van der Waals surface area (Å²) in [6.45, 7) is -0.0188. The lowest BCUT2D eigenvalue weighted by Crippen LogP contribution is -2.33. The van der Waals surface area contributed by atoms with Crippen molar-refractivity contribution in [3.05, 3.63) is 53.9 Å². The van der Waals surface area contributed by atoms with E-state index in [1.807, 2.05) is 0 Å². The molecule has 0 aliphatic carbocycles. The van der Waals surface area contributed by atoms with Crippen molar-refractivity contribution in [3.8, 4) is 11.1 Å².